The van der Waals surface area contributed by atoms with E-state index in [2.05, 4.69) is 25.8 Å². The van der Waals surface area contributed by atoms with Gasteiger partial charge in [-0.05, 0) is 51.4 Å². The molecular weight excluding hydrogens is 428 g/mol. The lowest BCUT2D eigenvalue weighted by Crippen LogP contribution is -2.24. The van der Waals surface area contributed by atoms with Gasteiger partial charge in [0, 0.05) is 18.9 Å². The summed E-state index contributed by atoms with van der Waals surface area (Å²) in [6.07, 6.45) is 3.52. The number of rotatable bonds is 8. The summed E-state index contributed by atoms with van der Waals surface area (Å²) in [7, 11) is 0. The highest BCUT2D eigenvalue weighted by Crippen LogP contribution is 2.21. The minimum Gasteiger partial charge on any atom is -0.478 e. The van der Waals surface area contributed by atoms with Crippen molar-refractivity contribution in [2.45, 2.75) is 11.7 Å². The maximum Gasteiger partial charge on any atom is 0.337 e. The molecule has 0 bridgehead atoms. The van der Waals surface area contributed by atoms with E-state index in [9.17, 15) is 14.7 Å². The third-order valence-corrected chi connectivity index (χ3v) is 5.47. The lowest BCUT2D eigenvalue weighted by molar-refractivity contribution is -0.118. The number of benzene rings is 2. The lowest BCUT2D eigenvalue weighted by atomic mass is 10.0. The van der Waals surface area contributed by atoms with Crippen molar-refractivity contribution < 1.29 is 14.7 Å². The van der Waals surface area contributed by atoms with E-state index in [1.165, 1.54) is 10.7 Å². The second-order valence-electron chi connectivity index (χ2n) is 6.70. The minimum atomic E-state index is -1.08. The van der Waals surface area contributed by atoms with Crippen molar-refractivity contribution in [3.63, 3.8) is 0 Å². The second kappa shape index (κ2) is 9.84. The van der Waals surface area contributed by atoms with Crippen molar-refractivity contribution in [2.24, 2.45) is 0 Å². The van der Waals surface area contributed by atoms with Crippen LogP contribution in [0.1, 0.15) is 15.9 Å². The van der Waals surface area contributed by atoms with Crippen LogP contribution < -0.4 is 5.32 Å². The summed E-state index contributed by atoms with van der Waals surface area (Å²) in [5.74, 6) is -1.20. The summed E-state index contributed by atoms with van der Waals surface area (Å²) in [5.41, 5.74) is 3.39. The standard InChI is InChI=1S/C22H18N6O3S/c29-20(24-12-15-5-3-6-16(11-15)17-7-4-10-23-13-17)14-32-22-25-26-27-28(22)19-9-2-1-8-18(19)21(30)31/h1-11,13H,12,14H2,(H,24,29)(H,30,31). The lowest BCUT2D eigenvalue weighted by Gasteiger charge is -2.09. The number of hydrogen-bond donors (Lipinski definition) is 2. The van der Waals surface area contributed by atoms with Crippen molar-refractivity contribution in [3.8, 4) is 16.8 Å². The Hall–Kier alpha value is -4.05. The van der Waals surface area contributed by atoms with Crippen LogP contribution in [-0.2, 0) is 11.3 Å². The third kappa shape index (κ3) is 4.98. The largest absolute Gasteiger partial charge is 0.478 e. The highest BCUT2D eigenvalue weighted by molar-refractivity contribution is 7.99. The fraction of sp³-hybridized carbons (Fsp3) is 0.0909. The first-order valence-corrected chi connectivity index (χ1v) is 10.6. The van der Waals surface area contributed by atoms with Crippen molar-refractivity contribution in [1.82, 2.24) is 30.5 Å². The zero-order valence-corrected chi connectivity index (χ0v) is 17.6. The number of aromatic nitrogens is 5. The molecule has 0 unspecified atom stereocenters. The number of tetrazole rings is 1. The van der Waals surface area contributed by atoms with E-state index < -0.39 is 5.97 Å². The summed E-state index contributed by atoms with van der Waals surface area (Å²) < 4.78 is 1.32. The van der Waals surface area contributed by atoms with Crippen molar-refractivity contribution in [1.29, 1.82) is 0 Å². The molecule has 10 heteroatoms. The number of nitrogens with zero attached hydrogens (tertiary/aromatic N) is 5. The molecule has 160 valence electrons. The number of amides is 1. The van der Waals surface area contributed by atoms with Crippen molar-refractivity contribution >= 4 is 23.6 Å². The minimum absolute atomic E-state index is 0.0691. The number of hydrogen-bond acceptors (Lipinski definition) is 7. The van der Waals surface area contributed by atoms with Gasteiger partial charge in [-0.25, -0.2) is 4.79 Å². The Labute approximate surface area is 187 Å². The Bertz CT molecular complexity index is 1250. The zero-order chi connectivity index (χ0) is 22.3. The Balaban J connectivity index is 1.37. The molecule has 0 radical (unpaired) electrons. The SMILES string of the molecule is O=C(CSc1nnnn1-c1ccccc1C(=O)O)NCc1cccc(-c2cccnc2)c1. The summed E-state index contributed by atoms with van der Waals surface area (Å²) >= 11 is 1.13. The van der Waals surface area contributed by atoms with Crippen LogP contribution in [0.5, 0.6) is 0 Å². The number of nitrogens with one attached hydrogen (secondary N) is 1. The molecule has 32 heavy (non-hydrogen) atoms. The summed E-state index contributed by atoms with van der Waals surface area (Å²) in [6, 6.07) is 18.1. The predicted molar refractivity (Wildman–Crippen MR) is 118 cm³/mol. The number of carboxylic acid groups (broad SMARTS) is 1. The number of carbonyl (C=O) groups is 2. The van der Waals surface area contributed by atoms with Gasteiger partial charge in [0.1, 0.15) is 0 Å². The van der Waals surface area contributed by atoms with Gasteiger partial charge >= 0.3 is 5.97 Å². The molecular formula is C22H18N6O3S. The Morgan fingerprint density at radius 1 is 1.03 bits per heavy atom. The number of carboxylic acids is 1. The van der Waals surface area contributed by atoms with Gasteiger partial charge in [0.2, 0.25) is 11.1 Å². The Morgan fingerprint density at radius 2 is 1.88 bits per heavy atom. The number of pyridine rings is 1. The molecule has 0 atom stereocenters. The van der Waals surface area contributed by atoms with Crippen LogP contribution in [0.15, 0.2) is 78.2 Å². The number of thioether (sulfide) groups is 1. The fourth-order valence-corrected chi connectivity index (χ4v) is 3.75. The first-order chi connectivity index (χ1) is 15.6. The maximum atomic E-state index is 12.4. The molecule has 2 aromatic carbocycles. The molecule has 0 aliphatic carbocycles. The van der Waals surface area contributed by atoms with Crippen LogP contribution in [0.2, 0.25) is 0 Å². The smallest absolute Gasteiger partial charge is 0.337 e. The summed E-state index contributed by atoms with van der Waals surface area (Å²) in [4.78, 5) is 28.0. The molecule has 0 aliphatic rings. The molecule has 4 aromatic rings. The number of para-hydroxylation sites is 1. The molecule has 0 saturated heterocycles. The van der Waals surface area contributed by atoms with E-state index in [0.29, 0.717) is 17.4 Å². The van der Waals surface area contributed by atoms with Gasteiger partial charge in [0.05, 0.1) is 17.0 Å². The Kier molecular flexibility index (Phi) is 6.52. The monoisotopic (exact) mass is 446 g/mol. The fourth-order valence-electron chi connectivity index (χ4n) is 3.04. The average Bonchev–Trinajstić information content (AvgIpc) is 3.30. The van der Waals surface area contributed by atoms with Gasteiger partial charge in [0.15, 0.2) is 0 Å². The van der Waals surface area contributed by atoms with Crippen LogP contribution in [0, 0.1) is 0 Å². The molecule has 0 fully saturated rings. The van der Waals surface area contributed by atoms with E-state index in [4.69, 9.17) is 0 Å². The summed E-state index contributed by atoms with van der Waals surface area (Å²) in [6.45, 7) is 0.375. The van der Waals surface area contributed by atoms with E-state index in [0.717, 1.165) is 28.5 Å². The molecule has 4 rings (SSSR count). The van der Waals surface area contributed by atoms with Gasteiger partial charge in [-0.1, -0.05) is 48.2 Å². The molecule has 0 aliphatic heterocycles. The third-order valence-electron chi connectivity index (χ3n) is 4.55. The normalized spacial score (nSPS) is 10.6. The molecule has 9 nitrogen and oxygen atoms in total. The quantitative estimate of drug-likeness (QED) is 0.396. The van der Waals surface area contributed by atoms with Crippen LogP contribution in [-0.4, -0.2) is 47.9 Å². The van der Waals surface area contributed by atoms with E-state index in [1.54, 1.807) is 30.6 Å². The molecule has 2 N–H and O–H groups in total. The van der Waals surface area contributed by atoms with Crippen molar-refractivity contribution in [2.75, 3.05) is 5.75 Å². The van der Waals surface area contributed by atoms with Gasteiger partial charge in [-0.15, -0.1) is 5.10 Å². The van der Waals surface area contributed by atoms with Gasteiger partial charge in [0.25, 0.3) is 0 Å². The van der Waals surface area contributed by atoms with E-state index in [1.807, 2.05) is 36.4 Å². The topological polar surface area (TPSA) is 123 Å². The number of aromatic carboxylic acids is 1. The molecule has 0 saturated carbocycles. The first-order valence-electron chi connectivity index (χ1n) is 9.62. The van der Waals surface area contributed by atoms with E-state index >= 15 is 0 Å². The molecule has 2 aromatic heterocycles. The van der Waals surface area contributed by atoms with Crippen LogP contribution in [0.3, 0.4) is 0 Å². The highest BCUT2D eigenvalue weighted by Gasteiger charge is 2.17. The van der Waals surface area contributed by atoms with E-state index in [-0.39, 0.29) is 17.2 Å². The van der Waals surface area contributed by atoms with Gasteiger partial charge in [-0.2, -0.15) is 4.68 Å². The second-order valence-corrected chi connectivity index (χ2v) is 7.65. The predicted octanol–water partition coefficient (Wildman–Crippen LogP) is 2.83. The molecule has 1 amide bonds. The summed E-state index contributed by atoms with van der Waals surface area (Å²) in [5, 5.41) is 24.0. The van der Waals surface area contributed by atoms with Crippen LogP contribution in [0.25, 0.3) is 16.8 Å². The zero-order valence-electron chi connectivity index (χ0n) is 16.8. The Morgan fingerprint density at radius 3 is 2.69 bits per heavy atom. The van der Waals surface area contributed by atoms with Crippen LogP contribution >= 0.6 is 11.8 Å². The molecule has 2 heterocycles. The highest BCUT2D eigenvalue weighted by atomic mass is 32.2. The average molecular weight is 446 g/mol. The van der Waals surface area contributed by atoms with Crippen LogP contribution in [0.4, 0.5) is 0 Å². The molecule has 0 spiro atoms. The van der Waals surface area contributed by atoms with Crippen molar-refractivity contribution in [3.05, 3.63) is 84.2 Å². The first kappa shape index (κ1) is 21.2. The number of carbonyl (C=O) groups excluding carboxylic acids is 1. The maximum absolute atomic E-state index is 12.4. The van der Waals surface area contributed by atoms with Gasteiger partial charge in [-0.3, -0.25) is 9.78 Å². The van der Waals surface area contributed by atoms with Gasteiger partial charge < -0.3 is 10.4 Å².